The molecule has 0 fully saturated rings. The third-order valence-electron chi connectivity index (χ3n) is 3.18. The highest BCUT2D eigenvalue weighted by Crippen LogP contribution is 2.27. The van der Waals surface area contributed by atoms with E-state index in [1.807, 2.05) is 48.1 Å². The Kier molecular flexibility index (Phi) is 2.88. The number of pyridine rings is 1. The summed E-state index contributed by atoms with van der Waals surface area (Å²) in [6.45, 7) is 1.99. The smallest absolute Gasteiger partial charge is 0.149 e. The van der Waals surface area contributed by atoms with E-state index in [-0.39, 0.29) is 5.82 Å². The minimum absolute atomic E-state index is 0.292. The normalized spacial score (nSPS) is 10.6. The van der Waals surface area contributed by atoms with Gasteiger partial charge in [-0.05, 0) is 48.4 Å². The molecule has 2 aromatic heterocycles. The second-order valence-electron chi connectivity index (χ2n) is 4.45. The molecule has 0 spiro atoms. The van der Waals surface area contributed by atoms with Gasteiger partial charge in [0.1, 0.15) is 5.82 Å². The van der Waals surface area contributed by atoms with Crippen molar-refractivity contribution in [3.63, 3.8) is 0 Å². The van der Waals surface area contributed by atoms with Crippen molar-refractivity contribution in [2.45, 2.75) is 6.92 Å². The summed E-state index contributed by atoms with van der Waals surface area (Å²) in [5, 5.41) is 0. The zero-order valence-electron chi connectivity index (χ0n) is 10.5. The van der Waals surface area contributed by atoms with Crippen LogP contribution in [0.3, 0.4) is 0 Å². The van der Waals surface area contributed by atoms with Crippen LogP contribution in [0.25, 0.3) is 16.8 Å². The van der Waals surface area contributed by atoms with E-state index in [2.05, 4.69) is 11.1 Å². The van der Waals surface area contributed by atoms with Gasteiger partial charge in [0.15, 0.2) is 0 Å². The van der Waals surface area contributed by atoms with Crippen LogP contribution in [0.4, 0.5) is 4.39 Å². The largest absolute Gasteiger partial charge is 0.324 e. The topological polar surface area (TPSA) is 17.8 Å². The first kappa shape index (κ1) is 11.7. The van der Waals surface area contributed by atoms with E-state index in [9.17, 15) is 4.39 Å². The predicted molar refractivity (Wildman–Crippen MR) is 73.7 cm³/mol. The van der Waals surface area contributed by atoms with Crippen molar-refractivity contribution >= 4 is 0 Å². The van der Waals surface area contributed by atoms with Crippen molar-refractivity contribution in [2.75, 3.05) is 0 Å². The molecule has 94 valence electrons. The van der Waals surface area contributed by atoms with Gasteiger partial charge >= 0.3 is 0 Å². The van der Waals surface area contributed by atoms with Crippen LogP contribution in [0, 0.1) is 12.7 Å². The molecule has 0 bridgehead atoms. The molecule has 0 aliphatic heterocycles. The Morgan fingerprint density at radius 2 is 1.84 bits per heavy atom. The fourth-order valence-corrected chi connectivity index (χ4v) is 2.21. The highest BCUT2D eigenvalue weighted by molar-refractivity contribution is 5.68. The van der Waals surface area contributed by atoms with E-state index in [0.717, 1.165) is 16.8 Å². The maximum atomic E-state index is 13.8. The fourth-order valence-electron chi connectivity index (χ4n) is 2.21. The highest BCUT2D eigenvalue weighted by atomic mass is 19.1. The quantitative estimate of drug-likeness (QED) is 0.674. The molecule has 19 heavy (non-hydrogen) atoms. The Hall–Kier alpha value is -2.42. The number of aryl methyl sites for hydroxylation is 1. The number of hydrogen-bond donors (Lipinski definition) is 0. The van der Waals surface area contributed by atoms with Crippen LogP contribution in [-0.2, 0) is 0 Å². The second-order valence-corrected chi connectivity index (χ2v) is 4.45. The molecule has 3 heteroatoms. The van der Waals surface area contributed by atoms with Gasteiger partial charge in [0.25, 0.3) is 0 Å². The molecule has 2 heterocycles. The molecule has 0 saturated heterocycles. The molecule has 0 saturated carbocycles. The van der Waals surface area contributed by atoms with Crippen molar-refractivity contribution in [1.82, 2.24) is 9.55 Å². The standard InChI is InChI=1S/C16H13FN2/c1-12-10-13(19-8-2-3-9-19)4-5-14(12)15-6-7-18-11-16(15)17/h2-11H,1H3. The van der Waals surface area contributed by atoms with Gasteiger partial charge in [-0.1, -0.05) is 6.07 Å². The maximum absolute atomic E-state index is 13.8. The van der Waals surface area contributed by atoms with Crippen LogP contribution in [-0.4, -0.2) is 9.55 Å². The number of hydrogen-bond acceptors (Lipinski definition) is 1. The van der Waals surface area contributed by atoms with Crippen molar-refractivity contribution in [3.05, 3.63) is 72.6 Å². The van der Waals surface area contributed by atoms with Gasteiger partial charge in [-0.15, -0.1) is 0 Å². The first-order valence-corrected chi connectivity index (χ1v) is 6.09. The lowest BCUT2D eigenvalue weighted by Gasteiger charge is -2.10. The third-order valence-corrected chi connectivity index (χ3v) is 3.18. The van der Waals surface area contributed by atoms with Crippen molar-refractivity contribution in [2.24, 2.45) is 0 Å². The van der Waals surface area contributed by atoms with Gasteiger partial charge in [-0.3, -0.25) is 4.98 Å². The summed E-state index contributed by atoms with van der Waals surface area (Å²) in [7, 11) is 0. The van der Waals surface area contributed by atoms with E-state index in [4.69, 9.17) is 0 Å². The Labute approximate surface area is 111 Å². The van der Waals surface area contributed by atoms with Crippen LogP contribution < -0.4 is 0 Å². The van der Waals surface area contributed by atoms with E-state index in [1.165, 1.54) is 6.20 Å². The van der Waals surface area contributed by atoms with E-state index >= 15 is 0 Å². The molecule has 3 aromatic rings. The Morgan fingerprint density at radius 1 is 1.05 bits per heavy atom. The summed E-state index contributed by atoms with van der Waals surface area (Å²) in [4.78, 5) is 3.78. The average Bonchev–Trinajstić information content (AvgIpc) is 2.94. The number of benzene rings is 1. The van der Waals surface area contributed by atoms with Gasteiger partial charge in [-0.25, -0.2) is 4.39 Å². The van der Waals surface area contributed by atoms with Gasteiger partial charge < -0.3 is 4.57 Å². The molecular weight excluding hydrogens is 239 g/mol. The maximum Gasteiger partial charge on any atom is 0.149 e. The summed E-state index contributed by atoms with van der Waals surface area (Å²) < 4.78 is 15.8. The predicted octanol–water partition coefficient (Wildman–Crippen LogP) is 3.99. The van der Waals surface area contributed by atoms with Crippen molar-refractivity contribution < 1.29 is 4.39 Å². The molecule has 1 aromatic carbocycles. The number of halogens is 1. The van der Waals surface area contributed by atoms with Crippen LogP contribution in [0.15, 0.2) is 61.2 Å². The molecule has 0 radical (unpaired) electrons. The molecule has 0 N–H and O–H groups in total. The minimum Gasteiger partial charge on any atom is -0.324 e. The number of aromatic nitrogens is 2. The van der Waals surface area contributed by atoms with E-state index in [1.54, 1.807) is 12.3 Å². The molecule has 2 nitrogen and oxygen atoms in total. The molecule has 3 rings (SSSR count). The van der Waals surface area contributed by atoms with Crippen LogP contribution in [0.2, 0.25) is 0 Å². The molecular formula is C16H13FN2. The van der Waals surface area contributed by atoms with Crippen molar-refractivity contribution in [3.8, 4) is 16.8 Å². The van der Waals surface area contributed by atoms with Gasteiger partial charge in [0.05, 0.1) is 6.20 Å². The van der Waals surface area contributed by atoms with Gasteiger partial charge in [-0.2, -0.15) is 0 Å². The number of rotatable bonds is 2. The molecule has 0 atom stereocenters. The van der Waals surface area contributed by atoms with Crippen LogP contribution in [0.5, 0.6) is 0 Å². The van der Waals surface area contributed by atoms with Gasteiger partial charge in [0, 0.05) is 29.8 Å². The Balaban J connectivity index is 2.08. The Morgan fingerprint density at radius 3 is 2.53 bits per heavy atom. The fraction of sp³-hybridized carbons (Fsp3) is 0.0625. The zero-order chi connectivity index (χ0) is 13.2. The van der Waals surface area contributed by atoms with E-state index < -0.39 is 0 Å². The summed E-state index contributed by atoms with van der Waals surface area (Å²) in [6.07, 6.45) is 6.83. The molecule has 0 aliphatic rings. The first-order chi connectivity index (χ1) is 9.25. The lowest BCUT2D eigenvalue weighted by molar-refractivity contribution is 0.625. The van der Waals surface area contributed by atoms with Gasteiger partial charge in [0.2, 0.25) is 0 Å². The highest BCUT2D eigenvalue weighted by Gasteiger charge is 2.08. The third kappa shape index (κ3) is 2.15. The summed E-state index contributed by atoms with van der Waals surface area (Å²) in [5.74, 6) is -0.292. The molecule has 0 unspecified atom stereocenters. The van der Waals surface area contributed by atoms with Crippen LogP contribution >= 0.6 is 0 Å². The molecule has 0 amide bonds. The SMILES string of the molecule is Cc1cc(-n2cccc2)ccc1-c1ccncc1F. The molecule has 0 aliphatic carbocycles. The lowest BCUT2D eigenvalue weighted by Crippen LogP contribution is -1.93. The van der Waals surface area contributed by atoms with E-state index in [0.29, 0.717) is 5.56 Å². The Bertz CT molecular complexity index is 703. The first-order valence-electron chi connectivity index (χ1n) is 6.09. The second kappa shape index (κ2) is 4.69. The lowest BCUT2D eigenvalue weighted by atomic mass is 10.0. The van der Waals surface area contributed by atoms with Crippen molar-refractivity contribution in [1.29, 1.82) is 0 Å². The number of nitrogens with zero attached hydrogens (tertiary/aromatic N) is 2. The van der Waals surface area contributed by atoms with Crippen LogP contribution in [0.1, 0.15) is 5.56 Å². The monoisotopic (exact) mass is 252 g/mol. The summed E-state index contributed by atoms with van der Waals surface area (Å²) in [5.41, 5.74) is 3.60. The summed E-state index contributed by atoms with van der Waals surface area (Å²) >= 11 is 0. The zero-order valence-corrected chi connectivity index (χ0v) is 10.5. The minimum atomic E-state index is -0.292. The summed E-state index contributed by atoms with van der Waals surface area (Å²) in [6, 6.07) is 11.6. The average molecular weight is 252 g/mol.